The first-order valence-corrected chi connectivity index (χ1v) is 13.0. The van der Waals surface area contributed by atoms with E-state index in [4.69, 9.17) is 18.9 Å². The highest BCUT2D eigenvalue weighted by atomic mass is 16.7. The second-order valence-electron chi connectivity index (χ2n) is 11.5. The van der Waals surface area contributed by atoms with Gasteiger partial charge in [0, 0.05) is 32.6 Å². The molecule has 1 saturated heterocycles. The van der Waals surface area contributed by atoms with Crippen molar-refractivity contribution in [2.75, 3.05) is 19.8 Å². The van der Waals surface area contributed by atoms with Crippen LogP contribution in [0.4, 0.5) is 0 Å². The van der Waals surface area contributed by atoms with Gasteiger partial charge in [0.05, 0.1) is 18.6 Å². The van der Waals surface area contributed by atoms with Crippen LogP contribution in [0.25, 0.3) is 0 Å². The van der Waals surface area contributed by atoms with Crippen LogP contribution in [-0.2, 0) is 33.3 Å². The molecule has 0 N–H and O–H groups in total. The molecular formula is C27H38O7. The topological polar surface area (TPSA) is 88.1 Å². The predicted octanol–water partition coefficient (Wildman–Crippen LogP) is 3.98. The zero-order chi connectivity index (χ0) is 24.3. The highest BCUT2D eigenvalue weighted by Crippen LogP contribution is 2.66. The quantitative estimate of drug-likeness (QED) is 0.570. The van der Waals surface area contributed by atoms with Crippen LogP contribution < -0.4 is 0 Å². The van der Waals surface area contributed by atoms with Crippen LogP contribution in [0.1, 0.15) is 72.6 Å². The highest BCUT2D eigenvalue weighted by Gasteiger charge is 2.65. The van der Waals surface area contributed by atoms with Crippen LogP contribution in [-0.4, -0.2) is 49.4 Å². The molecule has 0 aromatic heterocycles. The normalized spacial score (nSPS) is 41.2. The Bertz CT molecular complexity index is 903. The summed E-state index contributed by atoms with van der Waals surface area (Å²) in [5, 5.41) is 0. The van der Waals surface area contributed by atoms with Crippen molar-refractivity contribution in [3.05, 3.63) is 11.6 Å². The summed E-state index contributed by atoms with van der Waals surface area (Å²) in [6.07, 6.45) is 7.94. The minimum absolute atomic E-state index is 0.0435. The number of hydrogen-bond donors (Lipinski definition) is 0. The van der Waals surface area contributed by atoms with Gasteiger partial charge in [0.15, 0.2) is 11.6 Å². The molecule has 34 heavy (non-hydrogen) atoms. The predicted molar refractivity (Wildman–Crippen MR) is 122 cm³/mol. The average Bonchev–Trinajstić information content (AvgIpc) is 3.39. The first kappa shape index (κ1) is 24.0. The number of allylic oxidation sites excluding steroid dienone is 2. The van der Waals surface area contributed by atoms with E-state index in [9.17, 15) is 14.4 Å². The zero-order valence-electron chi connectivity index (χ0n) is 20.9. The fraction of sp³-hybridized carbons (Fsp3) is 0.815. The largest absolute Gasteiger partial charge is 0.465 e. The molecule has 0 bridgehead atoms. The summed E-state index contributed by atoms with van der Waals surface area (Å²) < 4.78 is 23.2. The summed E-state index contributed by atoms with van der Waals surface area (Å²) in [7, 11) is 0. The van der Waals surface area contributed by atoms with Crippen LogP contribution in [0, 0.1) is 34.5 Å². The lowest BCUT2D eigenvalue weighted by atomic mass is 9.48. The van der Waals surface area contributed by atoms with E-state index in [1.807, 2.05) is 13.0 Å². The molecule has 7 atom stereocenters. The number of hydrogen-bond acceptors (Lipinski definition) is 7. The SMILES string of the molecule is CC(=O)OCC12C(=O)C=C3C(CCC4CC5(CCC34C)OCCO5)C1CCC2C(C)OC(C)=O. The smallest absolute Gasteiger partial charge is 0.302 e. The van der Waals surface area contributed by atoms with Gasteiger partial charge >= 0.3 is 11.9 Å². The van der Waals surface area contributed by atoms with E-state index in [0.717, 1.165) is 44.9 Å². The fourth-order valence-corrected chi connectivity index (χ4v) is 8.42. The summed E-state index contributed by atoms with van der Waals surface area (Å²) in [5.41, 5.74) is 0.406. The molecule has 5 aliphatic rings. The molecule has 1 spiro atoms. The average molecular weight is 475 g/mol. The molecule has 0 aromatic carbocycles. The van der Waals surface area contributed by atoms with E-state index < -0.39 is 17.3 Å². The summed E-state index contributed by atoms with van der Waals surface area (Å²) in [6.45, 7) is 8.38. The summed E-state index contributed by atoms with van der Waals surface area (Å²) in [6, 6.07) is 0. The Hall–Kier alpha value is -1.73. The van der Waals surface area contributed by atoms with Gasteiger partial charge in [-0.05, 0) is 68.3 Å². The standard InChI is InChI=1S/C27H38O7/c1-16(34-18(3)29)21-7-8-22-20-6-5-19-14-26(32-11-12-33-26)10-9-25(19,4)23(20)13-24(30)27(21,22)15-31-17(2)28/h13,16,19-22H,5-12,14-15H2,1-4H3. The fourth-order valence-electron chi connectivity index (χ4n) is 8.42. The van der Waals surface area contributed by atoms with Crippen molar-refractivity contribution in [2.45, 2.75) is 84.5 Å². The number of fused-ring (bicyclic) bond motifs is 5. The Balaban J connectivity index is 1.50. The zero-order valence-corrected chi connectivity index (χ0v) is 20.9. The molecule has 7 nitrogen and oxygen atoms in total. The maximum atomic E-state index is 14.1. The minimum atomic E-state index is -0.828. The lowest BCUT2D eigenvalue weighted by Gasteiger charge is -2.57. The minimum Gasteiger partial charge on any atom is -0.465 e. The van der Waals surface area contributed by atoms with E-state index in [2.05, 4.69) is 6.92 Å². The Morgan fingerprint density at radius 2 is 1.82 bits per heavy atom. The van der Waals surface area contributed by atoms with Crippen molar-refractivity contribution in [3.63, 3.8) is 0 Å². The Kier molecular flexibility index (Phi) is 5.95. The van der Waals surface area contributed by atoms with E-state index in [1.165, 1.54) is 19.4 Å². The lowest BCUT2D eigenvalue weighted by Crippen LogP contribution is -2.56. The van der Waals surface area contributed by atoms with E-state index in [-0.39, 0.29) is 47.5 Å². The van der Waals surface area contributed by atoms with E-state index in [0.29, 0.717) is 19.1 Å². The molecular weight excluding hydrogens is 436 g/mol. The molecule has 0 radical (unpaired) electrons. The molecule has 1 heterocycles. The molecule has 5 rings (SSSR count). The van der Waals surface area contributed by atoms with Gasteiger partial charge in [0.2, 0.25) is 0 Å². The maximum absolute atomic E-state index is 14.1. The lowest BCUT2D eigenvalue weighted by molar-refractivity contribution is -0.207. The van der Waals surface area contributed by atoms with E-state index in [1.54, 1.807) is 0 Å². The third kappa shape index (κ3) is 3.57. The maximum Gasteiger partial charge on any atom is 0.302 e. The van der Waals surface area contributed by atoms with Crippen molar-refractivity contribution in [1.82, 2.24) is 0 Å². The third-order valence-corrected chi connectivity index (χ3v) is 9.96. The van der Waals surface area contributed by atoms with E-state index >= 15 is 0 Å². The van der Waals surface area contributed by atoms with Crippen molar-refractivity contribution in [1.29, 1.82) is 0 Å². The third-order valence-electron chi connectivity index (χ3n) is 9.96. The first-order chi connectivity index (χ1) is 16.1. The number of rotatable bonds is 4. The van der Waals surface area contributed by atoms with Crippen LogP contribution >= 0.6 is 0 Å². The van der Waals surface area contributed by atoms with Crippen molar-refractivity contribution in [3.8, 4) is 0 Å². The molecule has 0 amide bonds. The van der Waals surface area contributed by atoms with Crippen LogP contribution in [0.2, 0.25) is 0 Å². The number of carbonyl (C=O) groups excluding carboxylic acids is 3. The van der Waals surface area contributed by atoms with Gasteiger partial charge in [0.25, 0.3) is 0 Å². The van der Waals surface area contributed by atoms with Gasteiger partial charge in [0.1, 0.15) is 12.7 Å². The van der Waals surface area contributed by atoms with Crippen LogP contribution in [0.5, 0.6) is 0 Å². The molecule has 188 valence electrons. The van der Waals surface area contributed by atoms with Gasteiger partial charge in [-0.3, -0.25) is 14.4 Å². The molecule has 1 aliphatic heterocycles. The summed E-state index contributed by atoms with van der Waals surface area (Å²) in [4.78, 5) is 37.6. The van der Waals surface area contributed by atoms with Crippen molar-refractivity contribution in [2.24, 2.45) is 34.5 Å². The molecule has 7 unspecified atom stereocenters. The monoisotopic (exact) mass is 474 g/mol. The van der Waals surface area contributed by atoms with Gasteiger partial charge < -0.3 is 18.9 Å². The second-order valence-corrected chi connectivity index (χ2v) is 11.5. The highest BCUT2D eigenvalue weighted by molar-refractivity contribution is 5.98. The van der Waals surface area contributed by atoms with Crippen molar-refractivity contribution < 1.29 is 33.3 Å². The number of ether oxygens (including phenoxy) is 4. The number of esters is 2. The Morgan fingerprint density at radius 3 is 2.50 bits per heavy atom. The van der Waals surface area contributed by atoms with Gasteiger partial charge in [-0.1, -0.05) is 12.5 Å². The Morgan fingerprint density at radius 1 is 1.09 bits per heavy atom. The number of ketones is 1. The first-order valence-electron chi connectivity index (χ1n) is 13.0. The van der Waals surface area contributed by atoms with Gasteiger partial charge in [-0.15, -0.1) is 0 Å². The molecule has 7 heteroatoms. The Labute approximate surface area is 201 Å². The molecule has 4 fully saturated rings. The molecule has 0 aromatic rings. The summed E-state index contributed by atoms with van der Waals surface area (Å²) in [5.74, 6) is -0.488. The molecule has 3 saturated carbocycles. The van der Waals surface area contributed by atoms with Crippen LogP contribution in [0.15, 0.2) is 11.6 Å². The number of carbonyl (C=O) groups is 3. The van der Waals surface area contributed by atoms with Gasteiger partial charge in [-0.2, -0.15) is 0 Å². The van der Waals surface area contributed by atoms with Gasteiger partial charge in [-0.25, -0.2) is 0 Å². The molecule has 4 aliphatic carbocycles. The van der Waals surface area contributed by atoms with Crippen molar-refractivity contribution >= 4 is 17.7 Å². The summed E-state index contributed by atoms with van der Waals surface area (Å²) >= 11 is 0. The second kappa shape index (κ2) is 8.44. The van der Waals surface area contributed by atoms with Crippen LogP contribution in [0.3, 0.4) is 0 Å².